The van der Waals surface area contributed by atoms with Gasteiger partial charge in [-0.25, -0.2) is 8.42 Å². The minimum atomic E-state index is -3.66. The number of morpholine rings is 1. The third-order valence-corrected chi connectivity index (χ3v) is 8.22. The number of ether oxygens (including phenoxy) is 1. The molecule has 0 saturated carbocycles. The third kappa shape index (κ3) is 4.32. The highest BCUT2D eigenvalue weighted by Crippen LogP contribution is 2.23. The molecular formula is C15H23N3O5S2. The second-order valence-electron chi connectivity index (χ2n) is 6.15. The van der Waals surface area contributed by atoms with Gasteiger partial charge in [-0.2, -0.15) is 17.0 Å². The standard InChI is InChI=1S/C15H23N3O5S2/c19-24(20,16-14-5-2-1-3-6-14)15-7-4-8-18(13-15)25(21,22)17-9-11-23-12-10-17/h1-3,5-6,15-16H,4,7-13H2/t15-/m0/s1. The Labute approximate surface area is 149 Å². The lowest BCUT2D eigenvalue weighted by atomic mass is 10.2. The van der Waals surface area contributed by atoms with Crippen molar-refractivity contribution >= 4 is 25.9 Å². The molecule has 140 valence electrons. The van der Waals surface area contributed by atoms with Gasteiger partial charge in [0.05, 0.1) is 18.5 Å². The van der Waals surface area contributed by atoms with Crippen molar-refractivity contribution in [1.82, 2.24) is 8.61 Å². The van der Waals surface area contributed by atoms with Crippen LogP contribution in [0.5, 0.6) is 0 Å². The second kappa shape index (κ2) is 7.58. The van der Waals surface area contributed by atoms with Crippen LogP contribution in [0.1, 0.15) is 12.8 Å². The number of hydrogen-bond acceptors (Lipinski definition) is 5. The molecule has 2 fully saturated rings. The first-order valence-electron chi connectivity index (χ1n) is 8.29. The first-order chi connectivity index (χ1) is 11.9. The molecule has 1 N–H and O–H groups in total. The van der Waals surface area contributed by atoms with Gasteiger partial charge in [-0.15, -0.1) is 0 Å². The van der Waals surface area contributed by atoms with E-state index in [0.29, 0.717) is 51.4 Å². The van der Waals surface area contributed by atoms with Crippen molar-refractivity contribution in [3.8, 4) is 0 Å². The average Bonchev–Trinajstić information content (AvgIpc) is 2.63. The Kier molecular flexibility index (Phi) is 5.64. The molecule has 0 radical (unpaired) electrons. The van der Waals surface area contributed by atoms with Crippen molar-refractivity contribution in [2.45, 2.75) is 18.1 Å². The van der Waals surface area contributed by atoms with Gasteiger partial charge in [0, 0.05) is 31.9 Å². The predicted molar refractivity (Wildman–Crippen MR) is 94.9 cm³/mol. The highest BCUT2D eigenvalue weighted by Gasteiger charge is 2.38. The van der Waals surface area contributed by atoms with Crippen LogP contribution < -0.4 is 4.72 Å². The number of rotatable bonds is 5. The summed E-state index contributed by atoms with van der Waals surface area (Å²) in [6.07, 6.45) is 0.960. The summed E-state index contributed by atoms with van der Waals surface area (Å²) in [5.41, 5.74) is 0.482. The Morgan fingerprint density at radius 3 is 2.32 bits per heavy atom. The smallest absolute Gasteiger partial charge is 0.282 e. The van der Waals surface area contributed by atoms with Crippen LogP contribution in [0.25, 0.3) is 0 Å². The number of para-hydroxylation sites is 1. The Bertz CT molecular complexity index is 777. The number of anilines is 1. The van der Waals surface area contributed by atoms with Crippen LogP contribution in [0.15, 0.2) is 30.3 Å². The van der Waals surface area contributed by atoms with Crippen molar-refractivity contribution < 1.29 is 21.6 Å². The molecule has 2 aliphatic heterocycles. The molecule has 0 aliphatic carbocycles. The first-order valence-corrected chi connectivity index (χ1v) is 11.2. The summed E-state index contributed by atoms with van der Waals surface area (Å²) in [7, 11) is -7.32. The fourth-order valence-electron chi connectivity index (χ4n) is 3.06. The molecule has 2 saturated heterocycles. The van der Waals surface area contributed by atoms with E-state index in [1.807, 2.05) is 0 Å². The van der Waals surface area contributed by atoms with Crippen molar-refractivity contribution in [2.75, 3.05) is 44.1 Å². The van der Waals surface area contributed by atoms with Gasteiger partial charge >= 0.3 is 0 Å². The molecule has 3 rings (SSSR count). The van der Waals surface area contributed by atoms with Crippen LogP contribution in [-0.4, -0.2) is 70.1 Å². The fourth-order valence-corrected chi connectivity index (χ4v) is 6.31. The van der Waals surface area contributed by atoms with Gasteiger partial charge in [-0.1, -0.05) is 18.2 Å². The molecule has 1 aromatic carbocycles. The predicted octanol–water partition coefficient (Wildman–Crippen LogP) is 0.470. The van der Waals surface area contributed by atoms with Gasteiger partial charge in [0.1, 0.15) is 0 Å². The third-order valence-electron chi connectivity index (χ3n) is 4.44. The number of nitrogens with zero attached hydrogens (tertiary/aromatic N) is 2. The maximum Gasteiger partial charge on any atom is 0.282 e. The van der Waals surface area contributed by atoms with Crippen molar-refractivity contribution in [3.05, 3.63) is 30.3 Å². The lowest BCUT2D eigenvalue weighted by molar-refractivity contribution is 0.0698. The maximum absolute atomic E-state index is 12.8. The van der Waals surface area contributed by atoms with Crippen molar-refractivity contribution in [2.24, 2.45) is 0 Å². The van der Waals surface area contributed by atoms with E-state index in [9.17, 15) is 16.8 Å². The van der Waals surface area contributed by atoms with Crippen LogP contribution in [0.3, 0.4) is 0 Å². The maximum atomic E-state index is 12.8. The summed E-state index contributed by atoms with van der Waals surface area (Å²) < 4.78 is 61.2. The van der Waals surface area contributed by atoms with Crippen molar-refractivity contribution in [1.29, 1.82) is 0 Å². The van der Waals surface area contributed by atoms with E-state index in [2.05, 4.69) is 4.72 Å². The summed E-state index contributed by atoms with van der Waals surface area (Å²) in [6, 6.07) is 8.63. The van der Waals surface area contributed by atoms with E-state index in [0.717, 1.165) is 0 Å². The van der Waals surface area contributed by atoms with Gasteiger partial charge in [0.2, 0.25) is 10.0 Å². The summed E-state index contributed by atoms with van der Waals surface area (Å²) in [5.74, 6) is 0. The van der Waals surface area contributed by atoms with Crippen LogP contribution in [0.2, 0.25) is 0 Å². The summed E-state index contributed by atoms with van der Waals surface area (Å²) in [6.45, 7) is 1.66. The van der Waals surface area contributed by atoms with Crippen LogP contribution in [-0.2, 0) is 25.0 Å². The van der Waals surface area contributed by atoms with Crippen LogP contribution >= 0.6 is 0 Å². The highest BCUT2D eigenvalue weighted by atomic mass is 32.2. The van der Waals surface area contributed by atoms with E-state index in [-0.39, 0.29) is 6.54 Å². The molecule has 25 heavy (non-hydrogen) atoms. The van der Waals surface area contributed by atoms with Crippen LogP contribution in [0.4, 0.5) is 5.69 Å². The summed E-state index contributed by atoms with van der Waals surface area (Å²) >= 11 is 0. The molecule has 0 unspecified atom stereocenters. The minimum Gasteiger partial charge on any atom is -0.379 e. The molecule has 0 bridgehead atoms. The highest BCUT2D eigenvalue weighted by molar-refractivity contribution is 7.93. The molecule has 2 aliphatic rings. The number of benzene rings is 1. The topological polar surface area (TPSA) is 96.0 Å². The van der Waals surface area contributed by atoms with E-state index in [4.69, 9.17) is 4.74 Å². The monoisotopic (exact) mass is 389 g/mol. The largest absolute Gasteiger partial charge is 0.379 e. The summed E-state index contributed by atoms with van der Waals surface area (Å²) in [5, 5.41) is -0.766. The van der Waals surface area contributed by atoms with E-state index >= 15 is 0 Å². The number of nitrogens with one attached hydrogen (secondary N) is 1. The molecule has 0 amide bonds. The zero-order chi connectivity index (χ0) is 17.9. The molecule has 1 aromatic rings. The molecule has 1 atom stereocenters. The van der Waals surface area contributed by atoms with Gasteiger partial charge in [0.25, 0.3) is 10.2 Å². The second-order valence-corrected chi connectivity index (χ2v) is 10.0. The number of sulfonamides is 1. The first kappa shape index (κ1) is 18.6. The van der Waals surface area contributed by atoms with Gasteiger partial charge < -0.3 is 4.74 Å². The Morgan fingerprint density at radius 1 is 0.960 bits per heavy atom. The zero-order valence-electron chi connectivity index (χ0n) is 13.9. The van der Waals surface area contributed by atoms with Crippen LogP contribution in [0, 0.1) is 0 Å². The molecule has 0 aromatic heterocycles. The molecule has 8 nitrogen and oxygen atoms in total. The van der Waals surface area contributed by atoms with E-state index in [1.54, 1.807) is 30.3 Å². The minimum absolute atomic E-state index is 0.0259. The van der Waals surface area contributed by atoms with Gasteiger partial charge in [-0.05, 0) is 25.0 Å². The Hall–Kier alpha value is -1.20. The zero-order valence-corrected chi connectivity index (χ0v) is 15.5. The molecule has 2 heterocycles. The molecular weight excluding hydrogens is 366 g/mol. The van der Waals surface area contributed by atoms with Gasteiger partial charge in [0.15, 0.2) is 0 Å². The quantitative estimate of drug-likeness (QED) is 0.790. The van der Waals surface area contributed by atoms with E-state index < -0.39 is 25.5 Å². The number of hydrogen-bond donors (Lipinski definition) is 1. The summed E-state index contributed by atoms with van der Waals surface area (Å²) in [4.78, 5) is 0. The Morgan fingerprint density at radius 2 is 1.64 bits per heavy atom. The van der Waals surface area contributed by atoms with Crippen molar-refractivity contribution in [3.63, 3.8) is 0 Å². The average molecular weight is 389 g/mol. The van der Waals surface area contributed by atoms with Gasteiger partial charge in [-0.3, -0.25) is 4.72 Å². The Balaban J connectivity index is 1.72. The molecule has 10 heteroatoms. The lowest BCUT2D eigenvalue weighted by Gasteiger charge is -2.36. The molecule has 0 spiro atoms. The lowest BCUT2D eigenvalue weighted by Crippen LogP contribution is -2.53. The SMILES string of the molecule is O=S(=O)(Nc1ccccc1)[C@H]1CCCN(S(=O)(=O)N2CCOCC2)C1. The normalized spacial score (nSPS) is 24.1. The van der Waals surface area contributed by atoms with E-state index in [1.165, 1.54) is 8.61 Å². The number of piperidine rings is 1. The fraction of sp³-hybridized carbons (Fsp3) is 0.600.